The van der Waals surface area contributed by atoms with Gasteiger partial charge < -0.3 is 5.73 Å². The van der Waals surface area contributed by atoms with E-state index < -0.39 is 10.0 Å². The Bertz CT molecular complexity index is 522. The molecule has 86 valence electrons. The number of nitrogens with two attached hydrogens (primary N) is 1. The minimum atomic E-state index is -3.47. The molecule has 0 saturated heterocycles. The first-order valence-corrected chi connectivity index (χ1v) is 6.83. The second-order valence-electron chi connectivity index (χ2n) is 3.01. The van der Waals surface area contributed by atoms with Gasteiger partial charge in [0.25, 0.3) is 0 Å². The van der Waals surface area contributed by atoms with E-state index in [1.165, 1.54) is 6.07 Å². The van der Waals surface area contributed by atoms with Crippen molar-refractivity contribution in [2.75, 3.05) is 17.0 Å². The summed E-state index contributed by atoms with van der Waals surface area (Å²) in [6.45, 7) is 0.0355. The number of hydrogen-bond donors (Lipinski definition) is 2. The SMILES string of the molecule is N#Cc1cc(Br)ccc1NS(=O)(=O)CCN. The van der Waals surface area contributed by atoms with Crippen LogP contribution in [0.4, 0.5) is 5.69 Å². The largest absolute Gasteiger partial charge is 0.329 e. The number of halogens is 1. The van der Waals surface area contributed by atoms with Crippen molar-refractivity contribution >= 4 is 31.6 Å². The molecule has 0 bridgehead atoms. The molecule has 5 nitrogen and oxygen atoms in total. The van der Waals surface area contributed by atoms with Gasteiger partial charge in [-0.1, -0.05) is 15.9 Å². The first-order valence-electron chi connectivity index (χ1n) is 4.39. The lowest BCUT2D eigenvalue weighted by Crippen LogP contribution is -2.22. The van der Waals surface area contributed by atoms with E-state index in [1.807, 2.05) is 6.07 Å². The molecule has 0 radical (unpaired) electrons. The van der Waals surface area contributed by atoms with E-state index >= 15 is 0 Å². The summed E-state index contributed by atoms with van der Waals surface area (Å²) in [5.74, 6) is -0.173. The molecule has 0 spiro atoms. The molecule has 0 atom stereocenters. The first-order chi connectivity index (χ1) is 7.48. The van der Waals surface area contributed by atoms with Crippen molar-refractivity contribution in [3.05, 3.63) is 28.2 Å². The Labute approximate surface area is 102 Å². The molecular formula is C9H10BrN3O2S. The van der Waals surface area contributed by atoms with Crippen LogP contribution in [0.3, 0.4) is 0 Å². The number of sulfonamides is 1. The number of nitrogens with zero attached hydrogens (tertiary/aromatic N) is 1. The molecule has 0 aliphatic carbocycles. The highest BCUT2D eigenvalue weighted by Crippen LogP contribution is 2.21. The van der Waals surface area contributed by atoms with Crippen LogP contribution < -0.4 is 10.5 Å². The smallest absolute Gasteiger partial charge is 0.234 e. The van der Waals surface area contributed by atoms with Gasteiger partial charge >= 0.3 is 0 Å². The Morgan fingerprint density at radius 1 is 1.50 bits per heavy atom. The third kappa shape index (κ3) is 3.48. The number of rotatable bonds is 4. The molecule has 1 rings (SSSR count). The fourth-order valence-corrected chi connectivity index (χ4v) is 2.36. The van der Waals surface area contributed by atoms with E-state index in [9.17, 15) is 8.42 Å². The summed E-state index contributed by atoms with van der Waals surface area (Å²) in [6.07, 6.45) is 0. The molecular weight excluding hydrogens is 294 g/mol. The highest BCUT2D eigenvalue weighted by Gasteiger charge is 2.11. The van der Waals surface area contributed by atoms with Gasteiger partial charge in [0.1, 0.15) is 6.07 Å². The molecule has 1 aromatic rings. The van der Waals surface area contributed by atoms with E-state index in [0.717, 1.165) is 0 Å². The van der Waals surface area contributed by atoms with Crippen molar-refractivity contribution in [2.24, 2.45) is 5.73 Å². The maximum absolute atomic E-state index is 11.4. The van der Waals surface area contributed by atoms with Crippen LogP contribution >= 0.6 is 15.9 Å². The number of hydrogen-bond acceptors (Lipinski definition) is 4. The fourth-order valence-electron chi connectivity index (χ4n) is 1.07. The summed E-state index contributed by atoms with van der Waals surface area (Å²) >= 11 is 3.20. The summed E-state index contributed by atoms with van der Waals surface area (Å²) < 4.78 is 25.9. The molecule has 0 saturated carbocycles. The molecule has 16 heavy (non-hydrogen) atoms. The van der Waals surface area contributed by atoms with Crippen LogP contribution in [-0.4, -0.2) is 20.7 Å². The molecule has 0 heterocycles. The third-order valence-electron chi connectivity index (χ3n) is 1.75. The van der Waals surface area contributed by atoms with Crippen molar-refractivity contribution in [2.45, 2.75) is 0 Å². The van der Waals surface area contributed by atoms with Gasteiger partial charge in [0, 0.05) is 11.0 Å². The predicted molar refractivity (Wildman–Crippen MR) is 65.3 cm³/mol. The number of nitriles is 1. The molecule has 0 fully saturated rings. The zero-order valence-corrected chi connectivity index (χ0v) is 10.7. The van der Waals surface area contributed by atoms with E-state index in [2.05, 4.69) is 20.7 Å². The van der Waals surface area contributed by atoms with Crippen molar-refractivity contribution in [1.82, 2.24) is 0 Å². The van der Waals surface area contributed by atoms with Crippen LogP contribution in [0.15, 0.2) is 22.7 Å². The molecule has 1 aromatic carbocycles. The molecule has 7 heteroatoms. The van der Waals surface area contributed by atoms with Gasteiger partial charge in [-0.15, -0.1) is 0 Å². The van der Waals surface area contributed by atoms with E-state index in [1.54, 1.807) is 12.1 Å². The average molecular weight is 304 g/mol. The van der Waals surface area contributed by atoms with Crippen LogP contribution in [0.5, 0.6) is 0 Å². The monoisotopic (exact) mass is 303 g/mol. The highest BCUT2D eigenvalue weighted by molar-refractivity contribution is 9.10. The van der Waals surface area contributed by atoms with E-state index in [0.29, 0.717) is 4.47 Å². The Morgan fingerprint density at radius 2 is 2.19 bits per heavy atom. The van der Waals surface area contributed by atoms with Gasteiger partial charge in [-0.3, -0.25) is 4.72 Å². The zero-order valence-electron chi connectivity index (χ0n) is 8.27. The highest BCUT2D eigenvalue weighted by atomic mass is 79.9. The van der Waals surface area contributed by atoms with Gasteiger partial charge in [-0.25, -0.2) is 8.42 Å². The van der Waals surface area contributed by atoms with Gasteiger partial charge in [0.05, 0.1) is 17.0 Å². The lowest BCUT2D eigenvalue weighted by molar-refractivity contribution is 0.601. The normalized spacial score (nSPS) is 10.8. The number of anilines is 1. The molecule has 0 amide bonds. The Balaban J connectivity index is 3.03. The minimum Gasteiger partial charge on any atom is -0.329 e. The lowest BCUT2D eigenvalue weighted by Gasteiger charge is -2.08. The van der Waals surface area contributed by atoms with Crippen LogP contribution in [0.2, 0.25) is 0 Å². The first kappa shape index (κ1) is 13.0. The molecule has 0 unspecified atom stereocenters. The fraction of sp³-hybridized carbons (Fsp3) is 0.222. The number of benzene rings is 1. The van der Waals surface area contributed by atoms with Crippen LogP contribution in [0.25, 0.3) is 0 Å². The van der Waals surface area contributed by atoms with E-state index in [-0.39, 0.29) is 23.5 Å². The van der Waals surface area contributed by atoms with Crippen molar-refractivity contribution in [3.8, 4) is 6.07 Å². The summed E-state index contributed by atoms with van der Waals surface area (Å²) in [7, 11) is -3.47. The summed E-state index contributed by atoms with van der Waals surface area (Å²) in [6, 6.07) is 6.63. The third-order valence-corrected chi connectivity index (χ3v) is 3.55. The van der Waals surface area contributed by atoms with Gasteiger partial charge in [0.2, 0.25) is 10.0 Å². The lowest BCUT2D eigenvalue weighted by atomic mass is 10.2. The van der Waals surface area contributed by atoms with Crippen LogP contribution in [-0.2, 0) is 10.0 Å². The van der Waals surface area contributed by atoms with Gasteiger partial charge in [0.15, 0.2) is 0 Å². The topological polar surface area (TPSA) is 96.0 Å². The molecule has 3 N–H and O–H groups in total. The van der Waals surface area contributed by atoms with Crippen molar-refractivity contribution in [1.29, 1.82) is 5.26 Å². The van der Waals surface area contributed by atoms with Crippen LogP contribution in [0, 0.1) is 11.3 Å². The molecule has 0 aromatic heterocycles. The van der Waals surface area contributed by atoms with Crippen LogP contribution in [0.1, 0.15) is 5.56 Å². The Hall–Kier alpha value is -1.10. The second-order valence-corrected chi connectivity index (χ2v) is 5.77. The number of nitrogens with one attached hydrogen (secondary N) is 1. The quantitative estimate of drug-likeness (QED) is 0.868. The minimum absolute atomic E-state index is 0.0355. The summed E-state index contributed by atoms with van der Waals surface area (Å²) in [5, 5.41) is 8.84. The zero-order chi connectivity index (χ0) is 12.2. The Morgan fingerprint density at radius 3 is 2.75 bits per heavy atom. The van der Waals surface area contributed by atoms with E-state index in [4.69, 9.17) is 11.0 Å². The maximum Gasteiger partial charge on any atom is 0.234 e. The average Bonchev–Trinajstić information content (AvgIpc) is 2.20. The molecule has 0 aliphatic rings. The standard InChI is InChI=1S/C9H10BrN3O2S/c10-8-1-2-9(7(5-8)6-12)13-16(14,15)4-3-11/h1-2,5,13H,3-4,11H2. The van der Waals surface area contributed by atoms with Crippen molar-refractivity contribution in [3.63, 3.8) is 0 Å². The van der Waals surface area contributed by atoms with Gasteiger partial charge in [-0.05, 0) is 18.2 Å². The van der Waals surface area contributed by atoms with Crippen molar-refractivity contribution < 1.29 is 8.42 Å². The summed E-state index contributed by atoms with van der Waals surface area (Å²) in [5.41, 5.74) is 5.69. The predicted octanol–water partition coefficient (Wildman–Crippen LogP) is 1.02. The maximum atomic E-state index is 11.4. The second kappa shape index (κ2) is 5.30. The Kier molecular flexibility index (Phi) is 4.29. The van der Waals surface area contributed by atoms with Gasteiger partial charge in [-0.2, -0.15) is 5.26 Å². The summed E-state index contributed by atoms with van der Waals surface area (Å²) in [4.78, 5) is 0. The molecule has 0 aliphatic heterocycles.